The average Bonchev–Trinajstić information content (AvgIpc) is 2.38. The molecular formula is C11H15N5O3. The third-order valence-electron chi connectivity index (χ3n) is 3.06. The summed E-state index contributed by atoms with van der Waals surface area (Å²) in [6.07, 6.45) is 3.46. The Kier molecular flexibility index (Phi) is 3.59. The molecule has 19 heavy (non-hydrogen) atoms. The highest BCUT2D eigenvalue weighted by atomic mass is 16.6. The molecule has 1 amide bonds. The summed E-state index contributed by atoms with van der Waals surface area (Å²) in [7, 11) is 3.61. The number of hydrogen-bond acceptors (Lipinski definition) is 6. The van der Waals surface area contributed by atoms with Gasteiger partial charge in [-0.1, -0.05) is 0 Å². The lowest BCUT2D eigenvalue weighted by molar-refractivity contribution is -0.529. The third kappa shape index (κ3) is 2.78. The molecule has 0 unspecified atom stereocenters. The van der Waals surface area contributed by atoms with E-state index in [1.54, 1.807) is 19.0 Å². The number of amides is 1. The van der Waals surface area contributed by atoms with Gasteiger partial charge in [0, 0.05) is 49.8 Å². The predicted molar refractivity (Wildman–Crippen MR) is 67.3 cm³/mol. The number of aromatic nitrogens is 2. The Morgan fingerprint density at radius 3 is 2.58 bits per heavy atom. The van der Waals surface area contributed by atoms with Crippen molar-refractivity contribution < 1.29 is 9.72 Å². The number of hydrogen-bond donors (Lipinski definition) is 1. The van der Waals surface area contributed by atoms with Crippen LogP contribution in [0.5, 0.6) is 0 Å². The van der Waals surface area contributed by atoms with Crippen LogP contribution in [0.2, 0.25) is 0 Å². The van der Waals surface area contributed by atoms with E-state index < -0.39 is 12.1 Å². The lowest BCUT2D eigenvalue weighted by Gasteiger charge is -2.26. The second kappa shape index (κ2) is 5.17. The molecule has 2 atom stereocenters. The van der Waals surface area contributed by atoms with Crippen LogP contribution in [0.3, 0.4) is 0 Å². The molecule has 0 aromatic carbocycles. The van der Waals surface area contributed by atoms with Crippen LogP contribution >= 0.6 is 0 Å². The molecule has 1 N–H and O–H groups in total. The Labute approximate surface area is 110 Å². The first-order valence-electron chi connectivity index (χ1n) is 5.91. The van der Waals surface area contributed by atoms with Gasteiger partial charge in [-0.25, -0.2) is 9.97 Å². The highest BCUT2D eigenvalue weighted by molar-refractivity contribution is 5.77. The van der Waals surface area contributed by atoms with Gasteiger partial charge >= 0.3 is 0 Å². The number of anilines is 1. The maximum atomic E-state index is 11.4. The molecule has 102 valence electrons. The van der Waals surface area contributed by atoms with E-state index in [-0.39, 0.29) is 23.7 Å². The molecule has 2 heterocycles. The van der Waals surface area contributed by atoms with E-state index in [0.29, 0.717) is 11.5 Å². The second-order valence-corrected chi connectivity index (χ2v) is 4.65. The Bertz CT molecular complexity index is 488. The lowest BCUT2D eigenvalue weighted by Crippen LogP contribution is -2.45. The summed E-state index contributed by atoms with van der Waals surface area (Å²) in [6, 6.07) is -1.49. The van der Waals surface area contributed by atoms with Crippen LogP contribution in [0.4, 0.5) is 5.95 Å². The van der Waals surface area contributed by atoms with Crippen LogP contribution in [0.15, 0.2) is 12.4 Å². The van der Waals surface area contributed by atoms with Gasteiger partial charge in [-0.15, -0.1) is 0 Å². The van der Waals surface area contributed by atoms with Crippen molar-refractivity contribution in [1.29, 1.82) is 0 Å². The maximum absolute atomic E-state index is 11.4. The molecule has 0 bridgehead atoms. The Morgan fingerprint density at radius 2 is 2.05 bits per heavy atom. The molecule has 1 fully saturated rings. The number of rotatable bonds is 3. The SMILES string of the molecule is CN(C)c1ncc([C@@H]2NC(=O)CC[C@@H]2[N+](=O)[O-])cn1. The van der Waals surface area contributed by atoms with Crippen molar-refractivity contribution >= 4 is 11.9 Å². The zero-order valence-corrected chi connectivity index (χ0v) is 10.7. The maximum Gasteiger partial charge on any atom is 0.237 e. The fraction of sp³-hybridized carbons (Fsp3) is 0.545. The first-order chi connectivity index (χ1) is 8.99. The molecular weight excluding hydrogens is 250 g/mol. The van der Waals surface area contributed by atoms with Gasteiger partial charge in [-0.05, 0) is 0 Å². The summed E-state index contributed by atoms with van der Waals surface area (Å²) >= 11 is 0. The lowest BCUT2D eigenvalue weighted by atomic mass is 9.94. The van der Waals surface area contributed by atoms with E-state index in [2.05, 4.69) is 15.3 Å². The highest BCUT2D eigenvalue weighted by Gasteiger charge is 2.38. The van der Waals surface area contributed by atoms with E-state index in [4.69, 9.17) is 0 Å². The Morgan fingerprint density at radius 1 is 1.42 bits per heavy atom. The van der Waals surface area contributed by atoms with E-state index in [0.717, 1.165) is 0 Å². The summed E-state index contributed by atoms with van der Waals surface area (Å²) in [5, 5.41) is 13.7. The van der Waals surface area contributed by atoms with Gasteiger partial charge in [0.25, 0.3) is 0 Å². The molecule has 0 radical (unpaired) electrons. The first kappa shape index (κ1) is 13.2. The third-order valence-corrected chi connectivity index (χ3v) is 3.06. The minimum Gasteiger partial charge on any atom is -0.347 e. The minimum absolute atomic E-state index is 0.179. The van der Waals surface area contributed by atoms with Crippen LogP contribution in [0.1, 0.15) is 24.4 Å². The smallest absolute Gasteiger partial charge is 0.237 e. The van der Waals surface area contributed by atoms with Crippen molar-refractivity contribution in [1.82, 2.24) is 15.3 Å². The molecule has 1 aliphatic heterocycles. The monoisotopic (exact) mass is 265 g/mol. The average molecular weight is 265 g/mol. The molecule has 1 aromatic rings. The van der Waals surface area contributed by atoms with Gasteiger partial charge in [-0.3, -0.25) is 14.9 Å². The van der Waals surface area contributed by atoms with Crippen molar-refractivity contribution in [2.24, 2.45) is 0 Å². The van der Waals surface area contributed by atoms with Crippen LogP contribution in [-0.4, -0.2) is 40.9 Å². The van der Waals surface area contributed by atoms with Gasteiger partial charge in [0.2, 0.25) is 17.9 Å². The first-order valence-corrected chi connectivity index (χ1v) is 5.91. The normalized spacial score (nSPS) is 22.7. The number of carbonyl (C=O) groups excluding carboxylic acids is 1. The Balaban J connectivity index is 2.26. The van der Waals surface area contributed by atoms with Gasteiger partial charge in [0.15, 0.2) is 0 Å². The van der Waals surface area contributed by atoms with Crippen LogP contribution in [-0.2, 0) is 4.79 Å². The highest BCUT2D eigenvalue weighted by Crippen LogP contribution is 2.25. The van der Waals surface area contributed by atoms with Gasteiger partial charge in [0.05, 0.1) is 0 Å². The molecule has 2 rings (SSSR count). The summed E-state index contributed by atoms with van der Waals surface area (Å²) in [5.74, 6) is 0.336. The standard InChI is InChI=1S/C11H15N5O3/c1-15(2)11-12-5-7(6-13-11)10-8(16(18)19)3-4-9(17)14-10/h5-6,8,10H,3-4H2,1-2H3,(H,14,17)/t8-,10-/m0/s1. The van der Waals surface area contributed by atoms with Gasteiger partial charge < -0.3 is 10.2 Å². The van der Waals surface area contributed by atoms with Crippen molar-refractivity contribution in [3.8, 4) is 0 Å². The molecule has 8 nitrogen and oxygen atoms in total. The predicted octanol–water partition coefficient (Wildman–Crippen LogP) is 0.139. The molecule has 8 heteroatoms. The van der Waals surface area contributed by atoms with Crippen molar-refractivity contribution in [2.75, 3.05) is 19.0 Å². The van der Waals surface area contributed by atoms with E-state index in [1.807, 2.05) is 0 Å². The molecule has 1 saturated heterocycles. The van der Waals surface area contributed by atoms with E-state index >= 15 is 0 Å². The van der Waals surface area contributed by atoms with E-state index in [1.165, 1.54) is 12.4 Å². The molecule has 0 saturated carbocycles. The number of nitrogens with one attached hydrogen (secondary N) is 1. The fourth-order valence-corrected chi connectivity index (χ4v) is 2.04. The summed E-state index contributed by atoms with van der Waals surface area (Å²) in [6.45, 7) is 0. The van der Waals surface area contributed by atoms with Crippen LogP contribution in [0, 0.1) is 10.1 Å². The molecule has 0 spiro atoms. The van der Waals surface area contributed by atoms with Crippen molar-refractivity contribution in [3.63, 3.8) is 0 Å². The van der Waals surface area contributed by atoms with Gasteiger partial charge in [-0.2, -0.15) is 0 Å². The number of carbonyl (C=O) groups is 1. The molecule has 0 aliphatic carbocycles. The molecule has 1 aliphatic rings. The zero-order chi connectivity index (χ0) is 14.0. The number of piperidine rings is 1. The molecule has 1 aromatic heterocycles. The summed E-state index contributed by atoms with van der Waals surface area (Å²) in [4.78, 5) is 32.0. The summed E-state index contributed by atoms with van der Waals surface area (Å²) in [5.41, 5.74) is 0.556. The van der Waals surface area contributed by atoms with E-state index in [9.17, 15) is 14.9 Å². The van der Waals surface area contributed by atoms with Crippen molar-refractivity contribution in [3.05, 3.63) is 28.1 Å². The zero-order valence-electron chi connectivity index (χ0n) is 10.7. The van der Waals surface area contributed by atoms with Crippen LogP contribution in [0.25, 0.3) is 0 Å². The largest absolute Gasteiger partial charge is 0.347 e. The number of nitrogens with zero attached hydrogens (tertiary/aromatic N) is 4. The quantitative estimate of drug-likeness (QED) is 0.616. The summed E-state index contributed by atoms with van der Waals surface area (Å²) < 4.78 is 0. The van der Waals surface area contributed by atoms with Crippen LogP contribution < -0.4 is 10.2 Å². The number of nitro groups is 1. The fourth-order valence-electron chi connectivity index (χ4n) is 2.04. The topological polar surface area (TPSA) is 101 Å². The van der Waals surface area contributed by atoms with Crippen molar-refractivity contribution in [2.45, 2.75) is 24.9 Å². The minimum atomic E-state index is -0.827. The second-order valence-electron chi connectivity index (χ2n) is 4.65. The Hall–Kier alpha value is -2.25. The van der Waals surface area contributed by atoms with Gasteiger partial charge in [0.1, 0.15) is 6.04 Å².